The lowest BCUT2D eigenvalue weighted by atomic mass is 9.86. The van der Waals surface area contributed by atoms with Crippen LogP contribution in [0, 0.1) is 5.92 Å². The maximum Gasteiger partial charge on any atom is 0.145 e. The van der Waals surface area contributed by atoms with Gasteiger partial charge < -0.3 is 0 Å². The van der Waals surface area contributed by atoms with E-state index in [0.717, 1.165) is 36.7 Å². The van der Waals surface area contributed by atoms with E-state index in [2.05, 4.69) is 0 Å². The highest BCUT2D eigenvalue weighted by Gasteiger charge is 2.13. The van der Waals surface area contributed by atoms with Gasteiger partial charge in [0.15, 0.2) is 0 Å². The zero-order valence-corrected chi connectivity index (χ0v) is 6.76. The zero-order chi connectivity index (χ0) is 9.84. The first kappa shape index (κ1) is 5.76. The molecule has 0 unspecified atom stereocenters. The van der Waals surface area contributed by atoms with Crippen LogP contribution in [-0.4, -0.2) is 6.29 Å². The molecule has 1 nitrogen and oxygen atoms in total. The number of hydrogen-bond acceptors (Lipinski definition) is 1. The molecule has 1 rings (SSSR count). The van der Waals surface area contributed by atoms with Gasteiger partial charge in [0.25, 0.3) is 0 Å². The molecule has 60 valence electrons. The maximum absolute atomic E-state index is 10.4. The normalized spacial score (nSPS) is 26.3. The van der Waals surface area contributed by atoms with Crippen LogP contribution in [0.2, 0.25) is 0 Å². The van der Waals surface area contributed by atoms with Crippen molar-refractivity contribution in [3.8, 4) is 0 Å². The smallest absolute Gasteiger partial charge is 0.145 e. The second-order valence-electron chi connectivity index (χ2n) is 3.05. The van der Waals surface area contributed by atoms with Gasteiger partial charge in [-0.3, -0.25) is 4.79 Å². The molecule has 0 aromatic carbocycles. The summed E-state index contributed by atoms with van der Waals surface area (Å²) >= 11 is 0. The number of carbonyl (C=O) groups is 1. The summed E-state index contributed by atoms with van der Waals surface area (Å²) in [5, 5.41) is 0. The summed E-state index contributed by atoms with van der Waals surface area (Å²) in [6.07, 6.45) is 5.32. The van der Waals surface area contributed by atoms with E-state index < -0.39 is 0 Å². The summed E-state index contributed by atoms with van der Waals surface area (Å²) in [7, 11) is 0. The van der Waals surface area contributed by atoms with Crippen molar-refractivity contribution in [1.82, 2.24) is 0 Å². The highest BCUT2D eigenvalue weighted by atomic mass is 16.1. The number of allylic oxidation sites excluding steroid dienone is 3. The molecule has 0 aromatic rings. The maximum atomic E-state index is 10.4. The SMILES string of the molecule is [2H]C([2H])=C(C)[C@@H]1CC=C(C=O)CC1. The third-order valence-electron chi connectivity index (χ3n) is 2.21. The van der Waals surface area contributed by atoms with Gasteiger partial charge in [-0.2, -0.15) is 0 Å². The zero-order valence-electron chi connectivity index (χ0n) is 8.76. The minimum Gasteiger partial charge on any atom is -0.298 e. The molecule has 1 aliphatic carbocycles. The fourth-order valence-corrected chi connectivity index (χ4v) is 1.35. The first-order valence-electron chi connectivity index (χ1n) is 4.93. The van der Waals surface area contributed by atoms with E-state index in [0.29, 0.717) is 5.92 Å². The molecule has 0 amide bonds. The molecule has 0 aliphatic heterocycles. The van der Waals surface area contributed by atoms with Crippen LogP contribution >= 0.6 is 0 Å². The summed E-state index contributed by atoms with van der Waals surface area (Å²) in [5.74, 6) is 0.300. The highest BCUT2D eigenvalue weighted by Crippen LogP contribution is 2.26. The molecule has 1 atom stereocenters. The molecule has 0 aromatic heterocycles. The number of carbonyl (C=O) groups excluding carboxylic acids is 1. The van der Waals surface area contributed by atoms with Crippen LogP contribution in [0.4, 0.5) is 0 Å². The Labute approximate surface area is 70.6 Å². The Hall–Kier alpha value is -0.850. The number of aldehydes is 1. The fourth-order valence-electron chi connectivity index (χ4n) is 1.35. The Bertz CT molecular complexity index is 262. The topological polar surface area (TPSA) is 17.1 Å². The van der Waals surface area contributed by atoms with Crippen molar-refractivity contribution in [2.45, 2.75) is 26.2 Å². The lowest BCUT2D eigenvalue weighted by Crippen LogP contribution is -2.06. The molecule has 1 aliphatic rings. The van der Waals surface area contributed by atoms with Crippen LogP contribution in [0.3, 0.4) is 0 Å². The van der Waals surface area contributed by atoms with Gasteiger partial charge in [-0.1, -0.05) is 18.2 Å². The van der Waals surface area contributed by atoms with Crippen LogP contribution in [0.5, 0.6) is 0 Å². The van der Waals surface area contributed by atoms with Crippen molar-refractivity contribution in [3.63, 3.8) is 0 Å². The van der Waals surface area contributed by atoms with Crippen molar-refractivity contribution in [2.75, 3.05) is 0 Å². The lowest BCUT2D eigenvalue weighted by Gasteiger charge is -2.19. The van der Waals surface area contributed by atoms with Crippen molar-refractivity contribution in [1.29, 1.82) is 0 Å². The Morgan fingerprint density at radius 2 is 2.82 bits per heavy atom. The van der Waals surface area contributed by atoms with Crippen molar-refractivity contribution in [3.05, 3.63) is 23.8 Å². The predicted molar refractivity (Wildman–Crippen MR) is 46.3 cm³/mol. The van der Waals surface area contributed by atoms with Crippen LogP contribution < -0.4 is 0 Å². The largest absolute Gasteiger partial charge is 0.298 e. The second kappa shape index (κ2) is 3.51. The fraction of sp³-hybridized carbons (Fsp3) is 0.500. The van der Waals surface area contributed by atoms with Crippen LogP contribution in [0.25, 0.3) is 0 Å². The number of rotatable bonds is 2. The minimum absolute atomic E-state index is 0.0760. The Balaban J connectivity index is 2.65. The van der Waals surface area contributed by atoms with Gasteiger partial charge in [-0.15, -0.1) is 0 Å². The first-order chi connectivity index (χ1) is 6.15. The van der Waals surface area contributed by atoms with Gasteiger partial charge in [0, 0.05) is 0 Å². The molecular weight excluding hydrogens is 136 g/mol. The summed E-state index contributed by atoms with van der Waals surface area (Å²) in [6.45, 7) is 1.76. The van der Waals surface area contributed by atoms with Gasteiger partial charge in [-0.05, 0) is 37.7 Å². The van der Waals surface area contributed by atoms with Crippen LogP contribution in [0.15, 0.2) is 23.8 Å². The van der Waals surface area contributed by atoms with E-state index in [9.17, 15) is 4.79 Å². The van der Waals surface area contributed by atoms with Crippen molar-refractivity contribution < 1.29 is 7.54 Å². The van der Waals surface area contributed by atoms with E-state index in [4.69, 9.17) is 2.74 Å². The van der Waals surface area contributed by atoms with Gasteiger partial charge >= 0.3 is 0 Å². The molecule has 0 fully saturated rings. The third-order valence-corrected chi connectivity index (χ3v) is 2.21. The number of hydrogen-bond donors (Lipinski definition) is 0. The molecule has 0 radical (unpaired) electrons. The minimum atomic E-state index is -0.0760. The summed E-state index contributed by atoms with van der Waals surface area (Å²) in [4.78, 5) is 10.4. The summed E-state index contributed by atoms with van der Waals surface area (Å²) < 4.78 is 14.3. The standard InChI is InChI=1S/C10H14O/c1-8(2)10-5-3-9(7-11)4-6-10/h3,7,10H,1,4-6H2,2H3/t10-/m1/s1/i1D2. The summed E-state index contributed by atoms with van der Waals surface area (Å²) in [5.41, 5.74) is 1.70. The van der Waals surface area contributed by atoms with E-state index >= 15 is 0 Å². The molecule has 0 bridgehead atoms. The molecule has 0 spiro atoms. The van der Waals surface area contributed by atoms with E-state index in [1.54, 1.807) is 0 Å². The monoisotopic (exact) mass is 152 g/mol. The predicted octanol–water partition coefficient (Wildman–Crippen LogP) is 2.49. The lowest BCUT2D eigenvalue weighted by molar-refractivity contribution is -0.105. The van der Waals surface area contributed by atoms with Gasteiger partial charge in [0.1, 0.15) is 6.29 Å². The van der Waals surface area contributed by atoms with Gasteiger partial charge in [0.05, 0.1) is 2.74 Å². The molecule has 1 heteroatoms. The summed E-state index contributed by atoms with van der Waals surface area (Å²) in [6, 6.07) is 0. The molecule has 0 heterocycles. The average molecular weight is 152 g/mol. The van der Waals surface area contributed by atoms with E-state index in [1.807, 2.05) is 13.0 Å². The Morgan fingerprint density at radius 3 is 3.27 bits per heavy atom. The quantitative estimate of drug-likeness (QED) is 0.439. The molecule has 0 saturated carbocycles. The Kier molecular flexibility index (Phi) is 1.84. The Morgan fingerprint density at radius 1 is 2.00 bits per heavy atom. The molecule has 0 saturated heterocycles. The van der Waals surface area contributed by atoms with Gasteiger partial charge in [-0.25, -0.2) is 0 Å². The molecule has 0 N–H and O–H groups in total. The van der Waals surface area contributed by atoms with Crippen molar-refractivity contribution in [2.24, 2.45) is 5.92 Å². The first-order valence-corrected chi connectivity index (χ1v) is 3.93. The third kappa shape index (κ3) is 2.04. The molecule has 11 heavy (non-hydrogen) atoms. The van der Waals surface area contributed by atoms with Crippen LogP contribution in [-0.2, 0) is 4.79 Å². The van der Waals surface area contributed by atoms with Gasteiger partial charge in [0.2, 0.25) is 0 Å². The van der Waals surface area contributed by atoms with E-state index in [-0.39, 0.29) is 6.53 Å². The van der Waals surface area contributed by atoms with E-state index in [1.165, 1.54) is 0 Å². The molecular formula is C10H14O. The van der Waals surface area contributed by atoms with Crippen molar-refractivity contribution >= 4 is 6.29 Å². The second-order valence-corrected chi connectivity index (χ2v) is 3.05. The average Bonchev–Trinajstić information content (AvgIpc) is 2.17. The highest BCUT2D eigenvalue weighted by molar-refractivity contribution is 5.73. The van der Waals surface area contributed by atoms with Crippen LogP contribution in [0.1, 0.15) is 28.9 Å².